The Balaban J connectivity index is 1.65. The van der Waals surface area contributed by atoms with Gasteiger partial charge in [0, 0.05) is 0 Å². The van der Waals surface area contributed by atoms with Crippen LogP contribution in [0.15, 0.2) is 30.3 Å². The lowest BCUT2D eigenvalue weighted by atomic mass is 9.86. The molecule has 0 N–H and O–H groups in total. The second-order valence-electron chi connectivity index (χ2n) is 7.68. The Kier molecular flexibility index (Phi) is 3.96. The summed E-state index contributed by atoms with van der Waals surface area (Å²) in [7, 11) is 0. The first-order valence-electron chi connectivity index (χ1n) is 8.68. The highest BCUT2D eigenvalue weighted by Gasteiger charge is 2.64. The van der Waals surface area contributed by atoms with Gasteiger partial charge < -0.3 is 23.7 Å². The van der Waals surface area contributed by atoms with Gasteiger partial charge in [-0.15, -0.1) is 0 Å². The molecule has 2 saturated heterocycles. The largest absolute Gasteiger partial charge is 0.453 e. The van der Waals surface area contributed by atoms with Crippen molar-refractivity contribution in [2.24, 2.45) is 0 Å². The van der Waals surface area contributed by atoms with Crippen LogP contribution >= 0.6 is 0 Å². The number of ether oxygens (including phenoxy) is 5. The molecule has 0 aromatic heterocycles. The first kappa shape index (κ1) is 17.6. The standard InChI is InChI=1S/C19H22O7/c1-18(2)23-12-11(20)13-16(26-19(3,4)24-13)14(15(12)25-18)22-17(21)10-8-6-5-7-9-10/h5-9,12-16H,1-4H3/t12-,13-,15-,16-/m1/s1. The van der Waals surface area contributed by atoms with Crippen molar-refractivity contribution in [2.45, 2.75) is 69.8 Å². The summed E-state index contributed by atoms with van der Waals surface area (Å²) in [4.78, 5) is 25.4. The monoisotopic (exact) mass is 362 g/mol. The van der Waals surface area contributed by atoms with Crippen molar-refractivity contribution >= 4 is 11.8 Å². The second kappa shape index (κ2) is 5.85. The van der Waals surface area contributed by atoms with Gasteiger partial charge in [-0.2, -0.15) is 0 Å². The number of hydrogen-bond acceptors (Lipinski definition) is 7. The van der Waals surface area contributed by atoms with Crippen LogP contribution in [0.4, 0.5) is 0 Å². The maximum atomic E-state index is 12.8. The van der Waals surface area contributed by atoms with Crippen LogP contribution in [0.3, 0.4) is 0 Å². The molecule has 4 atom stereocenters. The van der Waals surface area contributed by atoms with E-state index in [1.54, 1.807) is 52.0 Å². The number of carbonyl (C=O) groups excluding carboxylic acids is 2. The summed E-state index contributed by atoms with van der Waals surface area (Å²) in [5, 5.41) is 0. The van der Waals surface area contributed by atoms with Crippen LogP contribution in [0.2, 0.25) is 0 Å². The summed E-state index contributed by atoms with van der Waals surface area (Å²) in [5.41, 5.74) is 0.411. The molecule has 3 aliphatic rings. The molecule has 1 aliphatic carbocycles. The third-order valence-corrected chi connectivity index (χ3v) is 4.72. The third-order valence-electron chi connectivity index (χ3n) is 4.72. The van der Waals surface area contributed by atoms with Crippen molar-refractivity contribution < 1.29 is 33.3 Å². The molecule has 0 amide bonds. The number of Topliss-reactive ketones (excluding diaryl/α,β-unsaturated/α-hetero) is 1. The van der Waals surface area contributed by atoms with Crippen LogP contribution in [0, 0.1) is 0 Å². The number of carbonyl (C=O) groups is 2. The molecular weight excluding hydrogens is 340 g/mol. The van der Waals surface area contributed by atoms with Crippen molar-refractivity contribution in [3.63, 3.8) is 0 Å². The molecule has 1 aromatic carbocycles. The molecule has 26 heavy (non-hydrogen) atoms. The van der Waals surface area contributed by atoms with E-state index in [1.165, 1.54) is 0 Å². The summed E-state index contributed by atoms with van der Waals surface area (Å²) >= 11 is 0. The van der Waals surface area contributed by atoms with E-state index >= 15 is 0 Å². The third kappa shape index (κ3) is 2.95. The Morgan fingerprint density at radius 3 is 1.88 bits per heavy atom. The lowest BCUT2D eigenvalue weighted by Crippen LogP contribution is -2.60. The van der Waals surface area contributed by atoms with E-state index in [0.717, 1.165) is 0 Å². The highest BCUT2D eigenvalue weighted by atomic mass is 16.8. The maximum Gasteiger partial charge on any atom is 0.338 e. The van der Waals surface area contributed by atoms with Crippen molar-refractivity contribution in [3.8, 4) is 0 Å². The Morgan fingerprint density at radius 2 is 1.38 bits per heavy atom. The number of benzene rings is 1. The van der Waals surface area contributed by atoms with Gasteiger partial charge in [0.1, 0.15) is 12.2 Å². The van der Waals surface area contributed by atoms with Crippen LogP contribution in [0.1, 0.15) is 38.1 Å². The predicted molar refractivity (Wildman–Crippen MR) is 88.3 cm³/mol. The molecule has 7 heteroatoms. The highest BCUT2D eigenvalue weighted by Crippen LogP contribution is 2.43. The van der Waals surface area contributed by atoms with Gasteiger partial charge in [0.05, 0.1) is 5.56 Å². The van der Waals surface area contributed by atoms with E-state index in [2.05, 4.69) is 0 Å². The Hall–Kier alpha value is -1.80. The lowest BCUT2D eigenvalue weighted by Gasteiger charge is -2.36. The van der Waals surface area contributed by atoms with Crippen LogP contribution in [-0.2, 0) is 28.5 Å². The van der Waals surface area contributed by atoms with Gasteiger partial charge >= 0.3 is 5.97 Å². The van der Waals surface area contributed by atoms with E-state index in [0.29, 0.717) is 5.56 Å². The first-order chi connectivity index (χ1) is 12.2. The molecule has 0 unspecified atom stereocenters. The molecule has 3 fully saturated rings. The van der Waals surface area contributed by atoms with Crippen molar-refractivity contribution in [1.82, 2.24) is 0 Å². The van der Waals surface area contributed by atoms with Crippen molar-refractivity contribution in [1.29, 1.82) is 0 Å². The van der Waals surface area contributed by atoms with Crippen LogP contribution < -0.4 is 0 Å². The molecule has 4 rings (SSSR count). The quantitative estimate of drug-likeness (QED) is 0.743. The summed E-state index contributed by atoms with van der Waals surface area (Å²) in [6.07, 6.45) is -4.04. The van der Waals surface area contributed by atoms with E-state index in [4.69, 9.17) is 23.7 Å². The fourth-order valence-corrected chi connectivity index (χ4v) is 3.75. The number of esters is 1. The zero-order valence-electron chi connectivity index (χ0n) is 15.1. The Morgan fingerprint density at radius 1 is 0.885 bits per heavy atom. The van der Waals surface area contributed by atoms with Gasteiger partial charge in [0.2, 0.25) is 0 Å². The molecular formula is C19H22O7. The van der Waals surface area contributed by atoms with Gasteiger partial charge in [-0.05, 0) is 39.8 Å². The SMILES string of the molecule is CC1(C)O[C@@H]2C(=O)[C@H]3OC(C)(C)O[C@H]3C(OC(=O)c3ccccc3)[C@@H]2O1. The van der Waals surface area contributed by atoms with Crippen LogP contribution in [0.5, 0.6) is 0 Å². The lowest BCUT2D eigenvalue weighted by molar-refractivity contribution is -0.180. The number of ketones is 1. The van der Waals surface area contributed by atoms with Crippen LogP contribution in [-0.4, -0.2) is 53.8 Å². The zero-order valence-corrected chi connectivity index (χ0v) is 15.1. The molecule has 1 aromatic rings. The average molecular weight is 362 g/mol. The number of rotatable bonds is 2. The fraction of sp³-hybridized carbons (Fsp3) is 0.579. The summed E-state index contributed by atoms with van der Waals surface area (Å²) < 4.78 is 29.0. The fourth-order valence-electron chi connectivity index (χ4n) is 3.75. The van der Waals surface area contributed by atoms with Gasteiger partial charge in [-0.1, -0.05) is 18.2 Å². The summed E-state index contributed by atoms with van der Waals surface area (Å²) in [6, 6.07) is 8.65. The normalized spacial score (nSPS) is 37.1. The zero-order chi connectivity index (χ0) is 18.7. The van der Waals surface area contributed by atoms with E-state index in [9.17, 15) is 9.59 Å². The van der Waals surface area contributed by atoms with Gasteiger partial charge in [0.25, 0.3) is 0 Å². The van der Waals surface area contributed by atoms with Crippen molar-refractivity contribution in [3.05, 3.63) is 35.9 Å². The van der Waals surface area contributed by atoms with Crippen LogP contribution in [0.25, 0.3) is 0 Å². The molecule has 0 bridgehead atoms. The smallest absolute Gasteiger partial charge is 0.338 e. The first-order valence-corrected chi connectivity index (χ1v) is 8.68. The van der Waals surface area contributed by atoms with Crippen molar-refractivity contribution in [2.75, 3.05) is 0 Å². The minimum atomic E-state index is -0.962. The molecule has 7 nitrogen and oxygen atoms in total. The topological polar surface area (TPSA) is 80.3 Å². The minimum absolute atomic E-state index is 0.247. The molecule has 1 saturated carbocycles. The Bertz CT molecular complexity index is 693. The molecule has 0 radical (unpaired) electrons. The van der Waals surface area contributed by atoms with E-state index in [-0.39, 0.29) is 5.78 Å². The highest BCUT2D eigenvalue weighted by molar-refractivity contribution is 5.92. The average Bonchev–Trinajstić information content (AvgIpc) is 3.08. The second-order valence-corrected chi connectivity index (χ2v) is 7.68. The Labute approximate surface area is 151 Å². The number of fused-ring (bicyclic) bond motifs is 2. The summed E-state index contributed by atoms with van der Waals surface area (Å²) in [5.74, 6) is -2.68. The molecule has 140 valence electrons. The van der Waals surface area contributed by atoms with Gasteiger partial charge in [-0.25, -0.2) is 4.79 Å². The minimum Gasteiger partial charge on any atom is -0.453 e. The summed E-state index contributed by atoms with van der Waals surface area (Å²) in [6.45, 7) is 6.87. The molecule has 2 aliphatic heterocycles. The number of hydrogen-bond donors (Lipinski definition) is 0. The molecule has 0 spiro atoms. The van der Waals surface area contributed by atoms with E-state index < -0.39 is 48.1 Å². The maximum absolute atomic E-state index is 12.8. The van der Waals surface area contributed by atoms with Gasteiger partial charge in [0.15, 0.2) is 35.7 Å². The van der Waals surface area contributed by atoms with E-state index in [1.807, 2.05) is 6.07 Å². The van der Waals surface area contributed by atoms with Gasteiger partial charge in [-0.3, -0.25) is 4.79 Å². The predicted octanol–water partition coefficient (Wildman–Crippen LogP) is 1.83. The molecule has 2 heterocycles.